The molecule has 0 aliphatic rings. The van der Waals surface area contributed by atoms with Crippen LogP contribution in [0.3, 0.4) is 0 Å². The van der Waals surface area contributed by atoms with E-state index in [4.69, 9.17) is 0 Å². The van der Waals surface area contributed by atoms with Crippen molar-refractivity contribution in [1.29, 1.82) is 0 Å². The van der Waals surface area contributed by atoms with Gasteiger partial charge in [-0.3, -0.25) is 0 Å². The molecular weight excluding hydrogens is 278 g/mol. The zero-order valence-corrected chi connectivity index (χ0v) is 16.2. The van der Waals surface area contributed by atoms with Gasteiger partial charge in [0.05, 0.1) is 26.2 Å². The number of unbranched alkanes of at least 4 members (excludes halogenated alkanes) is 10. The van der Waals surface area contributed by atoms with Gasteiger partial charge >= 0.3 is 0 Å². The van der Waals surface area contributed by atoms with Crippen molar-refractivity contribution in [3.63, 3.8) is 0 Å². The second-order valence-corrected chi connectivity index (χ2v) is 6.55. The van der Waals surface area contributed by atoms with Crippen molar-refractivity contribution in [2.45, 2.75) is 98.3 Å². The number of quaternary nitrogens is 1. The van der Waals surface area contributed by atoms with E-state index in [9.17, 15) is 0 Å². The van der Waals surface area contributed by atoms with Gasteiger partial charge in [-0.15, -0.1) is 0 Å². The van der Waals surface area contributed by atoms with E-state index in [1.54, 1.807) is 0 Å². The molecule has 0 spiro atoms. The molecule has 0 radical (unpaired) electrons. The number of hydrogen-bond donors (Lipinski definition) is 0. The molecule has 0 N–H and O–H groups in total. The summed E-state index contributed by atoms with van der Waals surface area (Å²) in [5.74, 6) is 0. The number of hydrogen-bond acceptors (Lipinski definition) is 0. The highest BCUT2D eigenvalue weighted by molar-refractivity contribution is 4.48. The van der Waals surface area contributed by atoms with Crippen LogP contribution < -0.4 is 12.4 Å². The molecule has 0 amide bonds. The predicted molar refractivity (Wildman–Crippen MR) is 93.2 cm³/mol. The maximum atomic E-state index is 2.35. The summed E-state index contributed by atoms with van der Waals surface area (Å²) in [7, 11) is 0. The highest BCUT2D eigenvalue weighted by Crippen LogP contribution is 2.13. The Bertz CT molecular complexity index is 182. The van der Waals surface area contributed by atoms with Crippen molar-refractivity contribution in [3.05, 3.63) is 0 Å². The molecule has 0 aliphatic carbocycles. The minimum Gasteiger partial charge on any atom is -1.00 e. The summed E-state index contributed by atoms with van der Waals surface area (Å²) >= 11 is 0. The fourth-order valence-electron chi connectivity index (χ4n) is 3.26. The summed E-state index contributed by atoms with van der Waals surface area (Å²) in [4.78, 5) is 0. The third-order valence-electron chi connectivity index (χ3n) is 5.25. The molecule has 0 fully saturated rings. The molecule has 21 heavy (non-hydrogen) atoms. The van der Waals surface area contributed by atoms with Gasteiger partial charge in [0.1, 0.15) is 0 Å². The highest BCUT2D eigenvalue weighted by Gasteiger charge is 2.19. The average molecular weight is 320 g/mol. The first-order valence-corrected chi connectivity index (χ1v) is 9.59. The van der Waals surface area contributed by atoms with E-state index in [1.165, 1.54) is 101 Å². The Kier molecular flexibility index (Phi) is 18.6. The Labute approximate surface area is 141 Å². The molecule has 0 saturated heterocycles. The summed E-state index contributed by atoms with van der Waals surface area (Å²) in [6.07, 6.45) is 16.0. The van der Waals surface area contributed by atoms with Crippen molar-refractivity contribution >= 4 is 0 Å². The Morgan fingerprint density at radius 2 is 0.810 bits per heavy atom. The molecular formula is C19H42ClN. The highest BCUT2D eigenvalue weighted by atomic mass is 35.5. The largest absolute Gasteiger partial charge is 1.00 e. The van der Waals surface area contributed by atoms with Crippen LogP contribution in [0.1, 0.15) is 98.3 Å². The third kappa shape index (κ3) is 12.5. The van der Waals surface area contributed by atoms with Gasteiger partial charge in [-0.1, -0.05) is 64.7 Å². The SMILES string of the molecule is CCCCCCCCCCCCC[N+](CC)(CC)CC.[Cl-]. The first-order valence-electron chi connectivity index (χ1n) is 9.59. The molecule has 0 bridgehead atoms. The van der Waals surface area contributed by atoms with Crippen LogP contribution in [0.5, 0.6) is 0 Å². The lowest BCUT2D eigenvalue weighted by molar-refractivity contribution is -0.923. The van der Waals surface area contributed by atoms with Crippen molar-refractivity contribution in [2.24, 2.45) is 0 Å². The molecule has 130 valence electrons. The quantitative estimate of drug-likeness (QED) is 0.321. The summed E-state index contributed by atoms with van der Waals surface area (Å²) in [6.45, 7) is 14.7. The Hall–Kier alpha value is 0.250. The van der Waals surface area contributed by atoms with Crippen molar-refractivity contribution < 1.29 is 16.9 Å². The van der Waals surface area contributed by atoms with Crippen molar-refractivity contribution in [2.75, 3.05) is 26.2 Å². The van der Waals surface area contributed by atoms with Crippen molar-refractivity contribution in [3.8, 4) is 0 Å². The molecule has 0 aromatic rings. The lowest BCUT2D eigenvalue weighted by atomic mass is 10.1. The van der Waals surface area contributed by atoms with Gasteiger partial charge in [0.15, 0.2) is 0 Å². The smallest absolute Gasteiger partial charge is 0.0786 e. The molecule has 0 rings (SSSR count). The zero-order valence-electron chi connectivity index (χ0n) is 15.4. The molecule has 0 aromatic carbocycles. The van der Waals surface area contributed by atoms with E-state index in [2.05, 4.69) is 27.7 Å². The maximum absolute atomic E-state index is 2.35. The maximum Gasteiger partial charge on any atom is 0.0786 e. The second kappa shape index (κ2) is 16.6. The van der Waals surface area contributed by atoms with Crippen LogP contribution in [0.25, 0.3) is 0 Å². The standard InChI is InChI=1S/C19H42N.ClH/c1-5-9-10-11-12-13-14-15-16-17-18-19-20(6-2,7-3)8-4;/h5-19H2,1-4H3;1H/q+1;/p-1. The summed E-state index contributed by atoms with van der Waals surface area (Å²) < 4.78 is 1.33. The first kappa shape index (κ1) is 23.5. The molecule has 0 saturated carbocycles. The van der Waals surface area contributed by atoms with Crippen LogP contribution >= 0.6 is 0 Å². The minimum absolute atomic E-state index is 0. The topological polar surface area (TPSA) is 0 Å². The van der Waals surface area contributed by atoms with E-state index in [0.717, 1.165) is 0 Å². The fourth-order valence-corrected chi connectivity index (χ4v) is 3.26. The zero-order chi connectivity index (χ0) is 15.1. The average Bonchev–Trinajstić information content (AvgIpc) is 2.49. The Balaban J connectivity index is 0. The van der Waals surface area contributed by atoms with Crippen LogP contribution in [-0.4, -0.2) is 30.7 Å². The lowest BCUT2D eigenvalue weighted by Crippen LogP contribution is -3.00. The summed E-state index contributed by atoms with van der Waals surface area (Å²) in [6, 6.07) is 0. The van der Waals surface area contributed by atoms with E-state index in [0.29, 0.717) is 0 Å². The summed E-state index contributed by atoms with van der Waals surface area (Å²) in [5, 5.41) is 0. The van der Waals surface area contributed by atoms with Crippen molar-refractivity contribution in [1.82, 2.24) is 0 Å². The molecule has 2 heteroatoms. The van der Waals surface area contributed by atoms with Gasteiger partial charge in [-0.25, -0.2) is 0 Å². The van der Waals surface area contributed by atoms with Gasteiger partial charge in [0, 0.05) is 0 Å². The van der Waals surface area contributed by atoms with Crippen LogP contribution in [0.2, 0.25) is 0 Å². The van der Waals surface area contributed by atoms with Gasteiger partial charge in [-0.2, -0.15) is 0 Å². The van der Waals surface area contributed by atoms with E-state index in [-0.39, 0.29) is 12.4 Å². The number of rotatable bonds is 15. The van der Waals surface area contributed by atoms with Gasteiger partial charge in [0.25, 0.3) is 0 Å². The normalized spacial score (nSPS) is 11.4. The van der Waals surface area contributed by atoms with E-state index in [1.807, 2.05) is 0 Å². The van der Waals surface area contributed by atoms with Crippen LogP contribution in [0, 0.1) is 0 Å². The third-order valence-corrected chi connectivity index (χ3v) is 5.25. The molecule has 0 heterocycles. The van der Waals surface area contributed by atoms with Crippen LogP contribution in [0.15, 0.2) is 0 Å². The Morgan fingerprint density at radius 3 is 1.14 bits per heavy atom. The summed E-state index contributed by atoms with van der Waals surface area (Å²) in [5.41, 5.74) is 0. The fraction of sp³-hybridized carbons (Fsp3) is 1.00. The van der Waals surface area contributed by atoms with Gasteiger partial charge in [0.2, 0.25) is 0 Å². The lowest BCUT2D eigenvalue weighted by Gasteiger charge is -2.35. The molecule has 1 nitrogen and oxygen atoms in total. The predicted octanol–water partition coefficient (Wildman–Crippen LogP) is 3.18. The first-order chi connectivity index (χ1) is 9.74. The number of halogens is 1. The Morgan fingerprint density at radius 1 is 0.476 bits per heavy atom. The monoisotopic (exact) mass is 319 g/mol. The minimum atomic E-state index is 0. The second-order valence-electron chi connectivity index (χ2n) is 6.55. The molecule has 0 aromatic heterocycles. The van der Waals surface area contributed by atoms with E-state index < -0.39 is 0 Å². The molecule has 0 aliphatic heterocycles. The number of nitrogens with zero attached hydrogens (tertiary/aromatic N) is 1. The van der Waals surface area contributed by atoms with Gasteiger partial charge in [-0.05, 0) is 33.6 Å². The van der Waals surface area contributed by atoms with Gasteiger partial charge < -0.3 is 16.9 Å². The van der Waals surface area contributed by atoms with Crippen LogP contribution in [-0.2, 0) is 0 Å². The van der Waals surface area contributed by atoms with Crippen LogP contribution in [0.4, 0.5) is 0 Å². The van der Waals surface area contributed by atoms with E-state index >= 15 is 0 Å². The molecule has 0 atom stereocenters. The molecule has 0 unspecified atom stereocenters.